The molecule has 0 amide bonds. The molecule has 6 heteroatoms. The molecule has 0 aromatic carbocycles. The van der Waals surface area contributed by atoms with Crippen LogP contribution >= 0.6 is 24.0 Å². The molecule has 108 valence electrons. The smallest absolute Gasteiger partial charge is 0.188 e. The summed E-state index contributed by atoms with van der Waals surface area (Å²) in [6.45, 7) is 3.52. The third kappa shape index (κ3) is 5.38. The molecule has 1 aromatic rings. The van der Waals surface area contributed by atoms with Crippen LogP contribution in [0.4, 0.5) is 0 Å². The van der Waals surface area contributed by atoms with Gasteiger partial charge in [0, 0.05) is 25.0 Å². The second kappa shape index (κ2) is 8.39. The molecule has 1 aliphatic carbocycles. The lowest BCUT2D eigenvalue weighted by atomic mass is 9.96. The average molecular weight is 377 g/mol. The van der Waals surface area contributed by atoms with Gasteiger partial charge in [-0.15, -0.1) is 24.0 Å². The minimum absolute atomic E-state index is 0. The molecule has 1 saturated carbocycles. The van der Waals surface area contributed by atoms with Crippen LogP contribution in [-0.4, -0.2) is 28.1 Å². The zero-order chi connectivity index (χ0) is 12.8. The van der Waals surface area contributed by atoms with Crippen LogP contribution in [0.5, 0.6) is 0 Å². The number of imidazole rings is 1. The number of aromatic nitrogens is 2. The number of nitrogens with two attached hydrogens (primary N) is 1. The van der Waals surface area contributed by atoms with Gasteiger partial charge in [-0.2, -0.15) is 0 Å². The van der Waals surface area contributed by atoms with E-state index >= 15 is 0 Å². The Morgan fingerprint density at radius 3 is 2.84 bits per heavy atom. The molecular weight excluding hydrogens is 353 g/mol. The Kier molecular flexibility index (Phi) is 7.19. The number of aryl methyl sites for hydroxylation is 1. The molecule has 1 fully saturated rings. The quantitative estimate of drug-likeness (QED) is 0.480. The Hall–Kier alpha value is -0.790. The number of nitrogens with one attached hydrogen (secondary N) is 1. The van der Waals surface area contributed by atoms with Crippen molar-refractivity contribution in [2.24, 2.45) is 10.7 Å². The summed E-state index contributed by atoms with van der Waals surface area (Å²) in [7, 11) is 0. The van der Waals surface area contributed by atoms with Crippen LogP contribution in [-0.2, 0) is 6.54 Å². The van der Waals surface area contributed by atoms with Crippen LogP contribution in [0.15, 0.2) is 17.4 Å². The van der Waals surface area contributed by atoms with E-state index in [0.29, 0.717) is 18.5 Å². The van der Waals surface area contributed by atoms with E-state index in [1.54, 1.807) is 0 Å². The molecule has 19 heavy (non-hydrogen) atoms. The zero-order valence-corrected chi connectivity index (χ0v) is 13.8. The van der Waals surface area contributed by atoms with E-state index in [2.05, 4.69) is 19.9 Å². The first-order valence-electron chi connectivity index (χ1n) is 6.80. The van der Waals surface area contributed by atoms with E-state index < -0.39 is 0 Å². The molecule has 0 bridgehead atoms. The highest BCUT2D eigenvalue weighted by Gasteiger charge is 2.13. The Morgan fingerprint density at radius 1 is 1.47 bits per heavy atom. The number of aliphatic imine (C=N–C) groups is 1. The monoisotopic (exact) mass is 377 g/mol. The summed E-state index contributed by atoms with van der Waals surface area (Å²) in [6, 6.07) is 0.525. The van der Waals surface area contributed by atoms with Crippen molar-refractivity contribution in [2.75, 3.05) is 6.54 Å². The minimum atomic E-state index is 0. The summed E-state index contributed by atoms with van der Waals surface area (Å²) in [5.74, 6) is 1.60. The Balaban J connectivity index is 0.00000180. The van der Waals surface area contributed by atoms with E-state index in [9.17, 15) is 0 Å². The van der Waals surface area contributed by atoms with Crippen molar-refractivity contribution in [1.29, 1.82) is 0 Å². The lowest BCUT2D eigenvalue weighted by Crippen LogP contribution is -2.41. The van der Waals surface area contributed by atoms with Crippen LogP contribution in [0.1, 0.15) is 37.9 Å². The fraction of sp³-hybridized carbons (Fsp3) is 0.692. The standard InChI is InChI=1S/C13H23N5.HI/c1-11-15-7-9-18(11)10-8-16-13(14)17-12-5-3-2-4-6-12;/h7,9,12H,2-6,8,10H2,1H3,(H3,14,16,17);1H. The maximum Gasteiger partial charge on any atom is 0.188 e. The molecule has 0 spiro atoms. The summed E-state index contributed by atoms with van der Waals surface area (Å²) in [6.07, 6.45) is 10.2. The summed E-state index contributed by atoms with van der Waals surface area (Å²) in [5.41, 5.74) is 5.90. The second-order valence-electron chi connectivity index (χ2n) is 4.91. The molecule has 2 rings (SSSR count). The van der Waals surface area contributed by atoms with Crippen LogP contribution < -0.4 is 11.1 Å². The summed E-state index contributed by atoms with van der Waals surface area (Å²) in [5, 5.41) is 3.32. The molecule has 0 aliphatic heterocycles. The molecule has 0 radical (unpaired) electrons. The topological polar surface area (TPSA) is 68.2 Å². The largest absolute Gasteiger partial charge is 0.370 e. The van der Waals surface area contributed by atoms with E-state index in [1.807, 2.05) is 19.3 Å². The van der Waals surface area contributed by atoms with Crippen molar-refractivity contribution < 1.29 is 0 Å². The van der Waals surface area contributed by atoms with Crippen molar-refractivity contribution >= 4 is 29.9 Å². The number of hydrogen-bond acceptors (Lipinski definition) is 2. The molecule has 0 saturated heterocycles. The van der Waals surface area contributed by atoms with E-state index in [-0.39, 0.29) is 24.0 Å². The fourth-order valence-corrected chi connectivity index (χ4v) is 2.42. The first-order valence-corrected chi connectivity index (χ1v) is 6.80. The number of rotatable bonds is 4. The Bertz CT molecular complexity index is 395. The predicted octanol–water partition coefficient (Wildman–Crippen LogP) is 2.05. The van der Waals surface area contributed by atoms with Crippen molar-refractivity contribution in [3.05, 3.63) is 18.2 Å². The van der Waals surface area contributed by atoms with Crippen molar-refractivity contribution in [1.82, 2.24) is 14.9 Å². The van der Waals surface area contributed by atoms with Gasteiger partial charge in [0.25, 0.3) is 0 Å². The highest BCUT2D eigenvalue weighted by atomic mass is 127. The molecular formula is C13H24IN5. The molecule has 3 N–H and O–H groups in total. The highest BCUT2D eigenvalue weighted by molar-refractivity contribution is 14.0. The maximum absolute atomic E-state index is 5.90. The van der Waals surface area contributed by atoms with E-state index in [4.69, 9.17) is 5.73 Å². The molecule has 0 unspecified atom stereocenters. The zero-order valence-electron chi connectivity index (χ0n) is 11.5. The van der Waals surface area contributed by atoms with Crippen molar-refractivity contribution in [3.63, 3.8) is 0 Å². The van der Waals surface area contributed by atoms with Gasteiger partial charge in [0.05, 0.1) is 6.54 Å². The van der Waals surface area contributed by atoms with Crippen molar-refractivity contribution in [2.45, 2.75) is 51.6 Å². The molecule has 0 atom stereocenters. The van der Waals surface area contributed by atoms with Gasteiger partial charge in [0.1, 0.15) is 5.82 Å². The Labute approximate surface area is 132 Å². The molecule has 1 heterocycles. The average Bonchev–Trinajstić information content (AvgIpc) is 2.76. The molecule has 5 nitrogen and oxygen atoms in total. The normalized spacial score (nSPS) is 17.0. The van der Waals surface area contributed by atoms with E-state index in [1.165, 1.54) is 32.1 Å². The fourth-order valence-electron chi connectivity index (χ4n) is 2.42. The second-order valence-corrected chi connectivity index (χ2v) is 4.91. The number of nitrogens with zero attached hydrogens (tertiary/aromatic N) is 3. The first kappa shape index (κ1) is 16.3. The van der Waals surface area contributed by atoms with Gasteiger partial charge < -0.3 is 15.6 Å². The van der Waals surface area contributed by atoms with Gasteiger partial charge in [-0.1, -0.05) is 19.3 Å². The van der Waals surface area contributed by atoms with Crippen LogP contribution in [0.25, 0.3) is 0 Å². The minimum Gasteiger partial charge on any atom is -0.370 e. The van der Waals surface area contributed by atoms with E-state index in [0.717, 1.165) is 12.4 Å². The molecule has 1 aliphatic rings. The van der Waals surface area contributed by atoms with Crippen LogP contribution in [0.3, 0.4) is 0 Å². The summed E-state index contributed by atoms with van der Waals surface area (Å²) in [4.78, 5) is 8.54. The lowest BCUT2D eigenvalue weighted by Gasteiger charge is -2.23. The number of halogens is 1. The molecule has 1 aromatic heterocycles. The third-order valence-corrected chi connectivity index (χ3v) is 3.50. The predicted molar refractivity (Wildman–Crippen MR) is 88.9 cm³/mol. The lowest BCUT2D eigenvalue weighted by molar-refractivity contribution is 0.412. The van der Waals surface area contributed by atoms with Gasteiger partial charge in [0.15, 0.2) is 5.96 Å². The number of guanidine groups is 1. The van der Waals surface area contributed by atoms with Gasteiger partial charge in [-0.25, -0.2) is 4.98 Å². The van der Waals surface area contributed by atoms with Gasteiger partial charge in [-0.3, -0.25) is 4.99 Å². The van der Waals surface area contributed by atoms with Gasteiger partial charge in [0.2, 0.25) is 0 Å². The number of hydrogen-bond donors (Lipinski definition) is 2. The Morgan fingerprint density at radius 2 is 2.21 bits per heavy atom. The van der Waals surface area contributed by atoms with Crippen LogP contribution in [0, 0.1) is 6.92 Å². The van der Waals surface area contributed by atoms with Gasteiger partial charge in [-0.05, 0) is 19.8 Å². The summed E-state index contributed by atoms with van der Waals surface area (Å²) >= 11 is 0. The van der Waals surface area contributed by atoms with Crippen LogP contribution in [0.2, 0.25) is 0 Å². The highest BCUT2D eigenvalue weighted by Crippen LogP contribution is 2.16. The van der Waals surface area contributed by atoms with Crippen molar-refractivity contribution in [3.8, 4) is 0 Å². The third-order valence-electron chi connectivity index (χ3n) is 3.50. The van der Waals surface area contributed by atoms with Gasteiger partial charge >= 0.3 is 0 Å². The SMILES string of the molecule is Cc1nccn1CCN=C(N)NC1CCCCC1.I. The first-order chi connectivity index (χ1) is 8.75. The maximum atomic E-state index is 5.90. The summed E-state index contributed by atoms with van der Waals surface area (Å²) < 4.78 is 2.08.